The second-order valence-electron chi connectivity index (χ2n) is 6.30. The van der Waals surface area contributed by atoms with Gasteiger partial charge in [0.05, 0.1) is 24.1 Å². The van der Waals surface area contributed by atoms with Crippen LogP contribution in [0.4, 0.5) is 5.69 Å². The molecule has 28 heavy (non-hydrogen) atoms. The summed E-state index contributed by atoms with van der Waals surface area (Å²) in [5.74, 6) is -0.281. The van der Waals surface area contributed by atoms with Crippen LogP contribution in [0.3, 0.4) is 0 Å². The minimum atomic E-state index is -0.281. The summed E-state index contributed by atoms with van der Waals surface area (Å²) in [6.07, 6.45) is 3.07. The Morgan fingerprint density at radius 2 is 2.18 bits per heavy atom. The first-order valence-electron chi connectivity index (χ1n) is 8.65. The number of amides is 1. The lowest BCUT2D eigenvalue weighted by molar-refractivity contribution is 0.0907. The molecule has 1 aromatic carbocycles. The van der Waals surface area contributed by atoms with Crippen molar-refractivity contribution in [3.8, 4) is 0 Å². The molecule has 0 saturated carbocycles. The van der Waals surface area contributed by atoms with Gasteiger partial charge in [-0.15, -0.1) is 0 Å². The van der Waals surface area contributed by atoms with Crippen LogP contribution in [0.5, 0.6) is 0 Å². The molecular weight excluding hydrogens is 380 g/mol. The first kappa shape index (κ1) is 19.8. The van der Waals surface area contributed by atoms with Gasteiger partial charge < -0.3 is 20.4 Å². The van der Waals surface area contributed by atoms with Crippen LogP contribution in [0, 0.1) is 5.41 Å². The highest BCUT2D eigenvalue weighted by Crippen LogP contribution is 2.23. The van der Waals surface area contributed by atoms with Crippen LogP contribution in [0.25, 0.3) is 11.2 Å². The second-order valence-corrected chi connectivity index (χ2v) is 6.74. The number of hydrogen-bond donors (Lipinski definition) is 4. The number of aromatic nitrogens is 3. The summed E-state index contributed by atoms with van der Waals surface area (Å²) < 4.78 is 5.05. The van der Waals surface area contributed by atoms with Gasteiger partial charge in [0.2, 0.25) is 0 Å². The second kappa shape index (κ2) is 8.37. The van der Waals surface area contributed by atoms with Gasteiger partial charge in [0.25, 0.3) is 5.91 Å². The molecule has 4 N–H and O–H groups in total. The Hall–Kier alpha value is -2.97. The number of nitrogens with one attached hydrogen (secondary N) is 4. The minimum absolute atomic E-state index is 0.149. The smallest absolute Gasteiger partial charge is 0.255 e. The fraction of sp³-hybridized carbons (Fsp3) is 0.263. The molecule has 0 aliphatic rings. The third-order valence-electron chi connectivity index (χ3n) is 4.20. The summed E-state index contributed by atoms with van der Waals surface area (Å²) in [6, 6.07) is 5.05. The number of aromatic amines is 1. The number of H-pyrrole nitrogens is 1. The van der Waals surface area contributed by atoms with Crippen LogP contribution < -0.4 is 10.6 Å². The Kier molecular flexibility index (Phi) is 5.91. The first-order chi connectivity index (χ1) is 13.4. The zero-order valence-electron chi connectivity index (χ0n) is 15.8. The van der Waals surface area contributed by atoms with Gasteiger partial charge in [0, 0.05) is 42.7 Å². The van der Waals surface area contributed by atoms with Gasteiger partial charge in [0.1, 0.15) is 11.2 Å². The van der Waals surface area contributed by atoms with E-state index in [2.05, 4.69) is 25.6 Å². The van der Waals surface area contributed by atoms with E-state index in [9.17, 15) is 4.79 Å². The predicted molar refractivity (Wildman–Crippen MR) is 110 cm³/mol. The Morgan fingerprint density at radius 3 is 2.89 bits per heavy atom. The van der Waals surface area contributed by atoms with E-state index in [4.69, 9.17) is 21.7 Å². The average Bonchev–Trinajstić information content (AvgIpc) is 3.10. The van der Waals surface area contributed by atoms with E-state index in [1.54, 1.807) is 38.6 Å². The molecule has 0 bridgehead atoms. The molecule has 9 heteroatoms. The molecule has 0 aliphatic heterocycles. The van der Waals surface area contributed by atoms with Gasteiger partial charge in [-0.05, 0) is 25.1 Å². The topological polar surface area (TPSA) is 116 Å². The number of nitrogens with zero attached hydrogens (tertiary/aromatic N) is 2. The maximum atomic E-state index is 12.6. The lowest BCUT2D eigenvalue weighted by Gasteiger charge is -2.12. The number of halogens is 1. The highest BCUT2D eigenvalue weighted by molar-refractivity contribution is 6.31. The third-order valence-corrected chi connectivity index (χ3v) is 4.43. The number of benzene rings is 1. The van der Waals surface area contributed by atoms with Crippen LogP contribution in [0.2, 0.25) is 5.02 Å². The normalized spacial score (nSPS) is 12.0. The predicted octanol–water partition coefficient (Wildman–Crippen LogP) is 2.83. The van der Waals surface area contributed by atoms with E-state index < -0.39 is 0 Å². The molecule has 0 unspecified atom stereocenters. The molecule has 0 aliphatic carbocycles. The highest BCUT2D eigenvalue weighted by Gasteiger charge is 2.19. The molecule has 3 aromatic rings. The molecule has 1 amide bonds. The van der Waals surface area contributed by atoms with Crippen LogP contribution >= 0.6 is 11.6 Å². The third kappa shape index (κ3) is 3.97. The maximum Gasteiger partial charge on any atom is 0.255 e. The minimum Gasteiger partial charge on any atom is -0.388 e. The van der Waals surface area contributed by atoms with Gasteiger partial charge >= 0.3 is 0 Å². The van der Waals surface area contributed by atoms with E-state index in [1.165, 1.54) is 6.20 Å². The van der Waals surface area contributed by atoms with Gasteiger partial charge in [-0.1, -0.05) is 11.6 Å². The number of carbonyl (C=O) groups is 1. The summed E-state index contributed by atoms with van der Waals surface area (Å²) in [4.78, 5) is 24.3. The number of methoxy groups -OCH3 is 1. The standard InChI is InChI=1S/C19H21ClN6O2/c1-10(9-28-3)25-19(27)13-7-23-18-17(13)26-15(8-24-18)16(21)12-5-4-11(20)6-14(12)22-2/h4-8,10,21-22H,9H2,1-3H3,(H,23,24)(H,25,27)/t10-/m1/s1. The maximum absolute atomic E-state index is 12.6. The lowest BCUT2D eigenvalue weighted by atomic mass is 10.1. The van der Waals surface area contributed by atoms with E-state index in [-0.39, 0.29) is 17.7 Å². The van der Waals surface area contributed by atoms with Crippen molar-refractivity contribution in [1.29, 1.82) is 5.41 Å². The van der Waals surface area contributed by atoms with E-state index in [0.717, 1.165) is 0 Å². The van der Waals surface area contributed by atoms with Crippen molar-refractivity contribution < 1.29 is 9.53 Å². The molecule has 0 radical (unpaired) electrons. The van der Waals surface area contributed by atoms with Crippen molar-refractivity contribution in [3.05, 3.63) is 52.4 Å². The summed E-state index contributed by atoms with van der Waals surface area (Å²) >= 11 is 6.03. The lowest BCUT2D eigenvalue weighted by Crippen LogP contribution is -2.35. The summed E-state index contributed by atoms with van der Waals surface area (Å²) in [5, 5.41) is 15.0. The molecule has 0 spiro atoms. The van der Waals surface area contributed by atoms with Gasteiger partial charge in [-0.2, -0.15) is 0 Å². The van der Waals surface area contributed by atoms with Crippen LogP contribution in [-0.4, -0.2) is 53.4 Å². The van der Waals surface area contributed by atoms with Gasteiger partial charge in [0.15, 0.2) is 5.65 Å². The molecule has 0 fully saturated rings. The zero-order valence-corrected chi connectivity index (χ0v) is 16.5. The highest BCUT2D eigenvalue weighted by atomic mass is 35.5. The van der Waals surface area contributed by atoms with E-state index in [0.29, 0.717) is 45.3 Å². The van der Waals surface area contributed by atoms with Crippen LogP contribution in [-0.2, 0) is 4.74 Å². The van der Waals surface area contributed by atoms with Crippen molar-refractivity contribution >= 4 is 40.1 Å². The molecular formula is C19H21ClN6O2. The van der Waals surface area contributed by atoms with Crippen molar-refractivity contribution in [2.75, 3.05) is 26.1 Å². The van der Waals surface area contributed by atoms with Crippen molar-refractivity contribution in [1.82, 2.24) is 20.3 Å². The Bertz CT molecular complexity index is 1030. The molecule has 0 saturated heterocycles. The SMILES string of the molecule is CNc1cc(Cl)ccc1C(=N)c1cnc2[nH]cc(C(=O)N[C@H](C)COC)c2n1. The number of fused-ring (bicyclic) bond motifs is 1. The summed E-state index contributed by atoms with van der Waals surface area (Å²) in [5.41, 5.74) is 3.12. The van der Waals surface area contributed by atoms with Gasteiger partial charge in [-0.3, -0.25) is 10.2 Å². The number of ether oxygens (including phenoxy) is 1. The van der Waals surface area contributed by atoms with Crippen molar-refractivity contribution in [3.63, 3.8) is 0 Å². The summed E-state index contributed by atoms with van der Waals surface area (Å²) in [7, 11) is 3.33. The number of anilines is 1. The molecule has 2 aromatic heterocycles. The van der Waals surface area contributed by atoms with Gasteiger partial charge in [-0.25, -0.2) is 9.97 Å². The quantitative estimate of drug-likeness (QED) is 0.455. The fourth-order valence-corrected chi connectivity index (χ4v) is 3.03. The number of carbonyl (C=O) groups excluding carboxylic acids is 1. The molecule has 3 rings (SSSR count). The van der Waals surface area contributed by atoms with Crippen molar-refractivity contribution in [2.24, 2.45) is 0 Å². The molecule has 8 nitrogen and oxygen atoms in total. The van der Waals surface area contributed by atoms with Crippen LogP contribution in [0.15, 0.2) is 30.6 Å². The molecule has 2 heterocycles. The van der Waals surface area contributed by atoms with E-state index >= 15 is 0 Å². The largest absolute Gasteiger partial charge is 0.388 e. The number of rotatable bonds is 7. The van der Waals surface area contributed by atoms with Crippen LogP contribution in [0.1, 0.15) is 28.5 Å². The number of hydrogen-bond acceptors (Lipinski definition) is 6. The Balaban J connectivity index is 1.96. The summed E-state index contributed by atoms with van der Waals surface area (Å²) in [6.45, 7) is 2.25. The Labute approximate surface area is 167 Å². The van der Waals surface area contributed by atoms with Crippen molar-refractivity contribution in [2.45, 2.75) is 13.0 Å². The first-order valence-corrected chi connectivity index (χ1v) is 9.03. The molecule has 146 valence electrons. The average molecular weight is 401 g/mol. The zero-order chi connectivity index (χ0) is 20.3. The fourth-order valence-electron chi connectivity index (χ4n) is 2.86. The Morgan fingerprint density at radius 1 is 1.39 bits per heavy atom. The molecule has 1 atom stereocenters. The van der Waals surface area contributed by atoms with E-state index in [1.807, 2.05) is 6.92 Å². The monoisotopic (exact) mass is 400 g/mol.